The standard InChI is InChI=1S/C19H41B2N4/c1-24(20-18-22)16-14-12-10-8-6-4-5-7-9-11-13-15-17-25(2,3)21-19-23/h4-17,20-21H2,1-3H3/q-1. The minimum atomic E-state index is -0.483. The molecule has 25 heavy (non-hydrogen) atoms. The van der Waals surface area contributed by atoms with Gasteiger partial charge in [-0.2, -0.15) is 0 Å². The Balaban J connectivity index is 3.20. The summed E-state index contributed by atoms with van der Waals surface area (Å²) in [5.41, 5.74) is 0. The molecule has 0 N–H and O–H groups in total. The molecule has 0 aromatic carbocycles. The smallest absolute Gasteiger partial charge is 0.281 e. The van der Waals surface area contributed by atoms with E-state index in [-0.39, 0.29) is 0 Å². The van der Waals surface area contributed by atoms with Gasteiger partial charge in [0.1, 0.15) is 7.41 Å². The first kappa shape index (κ1) is 24.0. The molecule has 0 aliphatic heterocycles. The third-order valence-corrected chi connectivity index (χ3v) is 5.37. The Morgan fingerprint density at radius 1 is 0.720 bits per heavy atom. The summed E-state index contributed by atoms with van der Waals surface area (Å²) in [6.07, 6.45) is 16.3. The quantitative estimate of drug-likeness (QED) is 0.300. The SMILES string of the molecule is CN([BH2-]C#N)CCCCCCCCCCCCCC[N+](C)(C)[BH2-]C#N. The van der Waals surface area contributed by atoms with Gasteiger partial charge in [-0.05, 0) is 25.8 Å². The highest BCUT2D eigenvalue weighted by Gasteiger charge is 2.06. The van der Waals surface area contributed by atoms with E-state index in [1.54, 1.807) is 0 Å². The normalized spacial score (nSPS) is 11.4. The zero-order chi connectivity index (χ0) is 18.8. The number of quaternary nitrogens is 1. The molecule has 0 saturated carbocycles. The van der Waals surface area contributed by atoms with Gasteiger partial charge in [-0.25, -0.2) is 10.5 Å². The zero-order valence-electron chi connectivity index (χ0n) is 17.7. The zero-order valence-corrected chi connectivity index (χ0v) is 17.7. The molecular weight excluding hydrogens is 306 g/mol. The van der Waals surface area contributed by atoms with Gasteiger partial charge < -0.3 is 9.20 Å². The first-order valence-corrected chi connectivity index (χ1v) is 10.8. The van der Waals surface area contributed by atoms with E-state index >= 15 is 0 Å². The molecule has 0 saturated heterocycles. The average molecular weight is 347 g/mol. The Hall–Kier alpha value is -0.970. The van der Waals surface area contributed by atoms with E-state index in [4.69, 9.17) is 10.5 Å². The van der Waals surface area contributed by atoms with Crippen LogP contribution in [0, 0.1) is 22.5 Å². The summed E-state index contributed by atoms with van der Waals surface area (Å²) >= 11 is 0. The van der Waals surface area contributed by atoms with E-state index in [9.17, 15) is 0 Å². The largest absolute Gasteiger partial charge is 0.513 e. The molecule has 0 bridgehead atoms. The van der Waals surface area contributed by atoms with Gasteiger partial charge in [0.25, 0.3) is 7.41 Å². The molecule has 0 spiro atoms. The molecule has 6 heteroatoms. The molecule has 4 nitrogen and oxygen atoms in total. The fourth-order valence-electron chi connectivity index (χ4n) is 3.45. The van der Waals surface area contributed by atoms with Crippen LogP contribution in [0.4, 0.5) is 0 Å². The maximum Gasteiger partial charge on any atom is 0.281 e. The topological polar surface area (TPSA) is 50.8 Å². The van der Waals surface area contributed by atoms with E-state index in [2.05, 4.69) is 37.9 Å². The molecule has 0 heterocycles. The first-order valence-electron chi connectivity index (χ1n) is 10.8. The van der Waals surface area contributed by atoms with Crippen molar-refractivity contribution in [3.05, 3.63) is 0 Å². The number of hydrogen-bond acceptors (Lipinski definition) is 3. The van der Waals surface area contributed by atoms with Gasteiger partial charge in [0.05, 0.1) is 0 Å². The number of hydrogen-bond donors (Lipinski definition) is 0. The highest BCUT2D eigenvalue weighted by Crippen LogP contribution is 2.12. The van der Waals surface area contributed by atoms with Crippen LogP contribution in [0.15, 0.2) is 0 Å². The maximum absolute atomic E-state index is 8.83. The molecule has 0 unspecified atom stereocenters. The lowest BCUT2D eigenvalue weighted by molar-refractivity contribution is -0.777. The fourth-order valence-corrected chi connectivity index (χ4v) is 3.45. The second-order valence-electron chi connectivity index (χ2n) is 8.95. The summed E-state index contributed by atoms with van der Waals surface area (Å²) < 4.78 is 0.965. The highest BCUT2D eigenvalue weighted by molar-refractivity contribution is 6.41. The van der Waals surface area contributed by atoms with Gasteiger partial charge in [0.15, 0.2) is 0 Å². The summed E-state index contributed by atoms with van der Waals surface area (Å²) in [5.74, 6) is 4.72. The van der Waals surface area contributed by atoms with Crippen LogP contribution in [0.25, 0.3) is 0 Å². The molecule has 0 amide bonds. The Bertz CT molecular complexity index is 388. The van der Waals surface area contributed by atoms with Crippen LogP contribution < -0.4 is 0 Å². The second-order valence-corrected chi connectivity index (χ2v) is 8.95. The predicted molar refractivity (Wildman–Crippen MR) is 113 cm³/mol. The summed E-state index contributed by atoms with van der Waals surface area (Å²) in [5, 5.41) is 17.5. The minimum absolute atomic E-state index is 0.468. The number of rotatable bonds is 17. The third-order valence-electron chi connectivity index (χ3n) is 5.37. The Kier molecular flexibility index (Phi) is 15.9. The van der Waals surface area contributed by atoms with E-state index < -0.39 is 14.8 Å². The maximum atomic E-state index is 8.83. The van der Waals surface area contributed by atoms with Gasteiger partial charge in [0.2, 0.25) is 0 Å². The lowest BCUT2D eigenvalue weighted by Crippen LogP contribution is -2.43. The van der Waals surface area contributed by atoms with Gasteiger partial charge in [-0.15, -0.1) is 5.97 Å². The van der Waals surface area contributed by atoms with E-state index in [0.717, 1.165) is 10.9 Å². The van der Waals surface area contributed by atoms with Crippen molar-refractivity contribution in [2.75, 3.05) is 34.2 Å². The van der Waals surface area contributed by atoms with Gasteiger partial charge in [-0.3, -0.25) is 0 Å². The van der Waals surface area contributed by atoms with Crippen molar-refractivity contribution < 1.29 is 4.39 Å². The number of unbranched alkanes of at least 4 members (excludes halogenated alkanes) is 11. The van der Waals surface area contributed by atoms with Crippen molar-refractivity contribution >= 4 is 14.8 Å². The average Bonchev–Trinajstić information content (AvgIpc) is 2.55. The van der Waals surface area contributed by atoms with Crippen molar-refractivity contribution in [2.24, 2.45) is 0 Å². The first-order chi connectivity index (χ1) is 12.0. The van der Waals surface area contributed by atoms with Crippen molar-refractivity contribution in [3.63, 3.8) is 0 Å². The van der Waals surface area contributed by atoms with Crippen molar-refractivity contribution in [1.29, 1.82) is 10.5 Å². The summed E-state index contributed by atoms with van der Waals surface area (Å²) in [6, 6.07) is 0. The van der Waals surface area contributed by atoms with Crippen LogP contribution in [0.2, 0.25) is 0 Å². The molecule has 0 aliphatic carbocycles. The lowest BCUT2D eigenvalue weighted by atomic mass is 9.91. The molecule has 0 aromatic heterocycles. The van der Waals surface area contributed by atoms with Crippen LogP contribution in [0.5, 0.6) is 0 Å². The van der Waals surface area contributed by atoms with Gasteiger partial charge in [-0.1, -0.05) is 70.8 Å². The lowest BCUT2D eigenvalue weighted by Gasteiger charge is -2.36. The summed E-state index contributed by atoms with van der Waals surface area (Å²) in [6.45, 7) is 2.30. The van der Waals surface area contributed by atoms with Crippen molar-refractivity contribution in [1.82, 2.24) is 4.81 Å². The summed E-state index contributed by atoms with van der Waals surface area (Å²) in [7, 11) is 5.54. The Labute approximate surface area is 158 Å². The van der Waals surface area contributed by atoms with Crippen LogP contribution in [-0.4, -0.2) is 58.3 Å². The molecule has 0 rings (SSSR count). The number of nitriles is 2. The Morgan fingerprint density at radius 2 is 1.16 bits per heavy atom. The van der Waals surface area contributed by atoms with E-state index in [0.29, 0.717) is 0 Å². The molecule has 0 radical (unpaired) electrons. The number of nitrogens with zero attached hydrogens (tertiary/aromatic N) is 4. The van der Waals surface area contributed by atoms with Gasteiger partial charge in [0, 0.05) is 20.6 Å². The fraction of sp³-hybridized carbons (Fsp3) is 0.895. The van der Waals surface area contributed by atoms with Gasteiger partial charge >= 0.3 is 0 Å². The molecule has 0 aliphatic rings. The van der Waals surface area contributed by atoms with Crippen molar-refractivity contribution in [2.45, 2.75) is 77.0 Å². The van der Waals surface area contributed by atoms with E-state index in [1.165, 1.54) is 83.6 Å². The molecule has 0 atom stereocenters. The molecule has 0 fully saturated rings. The summed E-state index contributed by atoms with van der Waals surface area (Å²) in [4.78, 5) is 2.23. The van der Waals surface area contributed by atoms with Crippen LogP contribution in [0.1, 0.15) is 77.0 Å². The van der Waals surface area contributed by atoms with Crippen LogP contribution in [-0.2, 0) is 0 Å². The predicted octanol–water partition coefficient (Wildman–Crippen LogP) is 2.81. The molecular formula is C19H41B2N4-. The van der Waals surface area contributed by atoms with Crippen molar-refractivity contribution in [3.8, 4) is 11.9 Å². The second kappa shape index (κ2) is 16.5. The minimum Gasteiger partial charge on any atom is -0.513 e. The monoisotopic (exact) mass is 347 g/mol. The molecule has 144 valence electrons. The van der Waals surface area contributed by atoms with Crippen LogP contribution >= 0.6 is 0 Å². The highest BCUT2D eigenvalue weighted by atomic mass is 15.2. The van der Waals surface area contributed by atoms with E-state index in [1.807, 2.05) is 0 Å². The van der Waals surface area contributed by atoms with Crippen LogP contribution in [0.3, 0.4) is 0 Å². The Morgan fingerprint density at radius 3 is 1.60 bits per heavy atom. The molecule has 0 aromatic rings. The third kappa shape index (κ3) is 17.6.